The minimum absolute atomic E-state index is 0.313. The molecule has 0 aliphatic heterocycles. The number of hydrogen-bond acceptors (Lipinski definition) is 6. The number of anilines is 2. The zero-order valence-corrected chi connectivity index (χ0v) is 14.5. The van der Waals surface area contributed by atoms with Crippen molar-refractivity contribution in [3.63, 3.8) is 0 Å². The maximum atomic E-state index is 12.5. The largest absolute Gasteiger partial charge is 0.361 e. The zero-order chi connectivity index (χ0) is 18.7. The predicted molar refractivity (Wildman–Crippen MR) is 95.1 cm³/mol. The highest BCUT2D eigenvalue weighted by Crippen LogP contribution is 2.18. The van der Waals surface area contributed by atoms with Crippen LogP contribution in [0.25, 0.3) is 0 Å². The second-order valence-electron chi connectivity index (χ2n) is 5.75. The third-order valence-electron chi connectivity index (χ3n) is 3.77. The van der Waals surface area contributed by atoms with Crippen LogP contribution in [-0.2, 0) is 0 Å². The molecule has 0 radical (unpaired) electrons. The molecule has 0 spiro atoms. The summed E-state index contributed by atoms with van der Waals surface area (Å²) < 4.78 is 4.89. The van der Waals surface area contributed by atoms with E-state index in [1.807, 2.05) is 6.92 Å². The Kier molecular flexibility index (Phi) is 4.74. The predicted octanol–water partition coefficient (Wildman–Crippen LogP) is 2.89. The normalized spacial score (nSPS) is 10.4. The van der Waals surface area contributed by atoms with Crippen LogP contribution in [0, 0.1) is 20.8 Å². The molecule has 26 heavy (non-hydrogen) atoms. The second-order valence-corrected chi connectivity index (χ2v) is 5.75. The van der Waals surface area contributed by atoms with E-state index < -0.39 is 0 Å². The van der Waals surface area contributed by atoms with E-state index in [0.717, 1.165) is 5.56 Å². The van der Waals surface area contributed by atoms with E-state index in [0.29, 0.717) is 34.1 Å². The van der Waals surface area contributed by atoms with Crippen LogP contribution in [0.3, 0.4) is 0 Å². The molecule has 0 bridgehead atoms. The van der Waals surface area contributed by atoms with Gasteiger partial charge in [0.25, 0.3) is 11.8 Å². The minimum atomic E-state index is -0.356. The van der Waals surface area contributed by atoms with Gasteiger partial charge in [-0.1, -0.05) is 11.2 Å². The van der Waals surface area contributed by atoms with Gasteiger partial charge in [-0.3, -0.25) is 9.59 Å². The molecule has 0 saturated heterocycles. The highest BCUT2D eigenvalue weighted by Gasteiger charge is 2.15. The van der Waals surface area contributed by atoms with Crippen molar-refractivity contribution in [1.82, 2.24) is 15.1 Å². The minimum Gasteiger partial charge on any atom is -0.361 e. The molecule has 0 unspecified atom stereocenters. The highest BCUT2D eigenvalue weighted by molar-refractivity contribution is 6.08. The van der Waals surface area contributed by atoms with E-state index in [1.165, 1.54) is 18.6 Å². The Labute approximate surface area is 149 Å². The number of aromatic nitrogens is 3. The van der Waals surface area contributed by atoms with Crippen LogP contribution in [0.2, 0.25) is 0 Å². The van der Waals surface area contributed by atoms with Gasteiger partial charge in [0, 0.05) is 11.3 Å². The summed E-state index contributed by atoms with van der Waals surface area (Å²) in [7, 11) is 0. The van der Waals surface area contributed by atoms with Gasteiger partial charge >= 0.3 is 0 Å². The molecule has 8 heteroatoms. The number of benzene rings is 1. The van der Waals surface area contributed by atoms with Gasteiger partial charge in [-0.15, -0.1) is 0 Å². The number of aryl methyl sites for hydroxylation is 3. The molecular formula is C18H17N5O3. The lowest BCUT2D eigenvalue weighted by Gasteiger charge is -2.10. The molecular weight excluding hydrogens is 334 g/mol. The molecule has 0 saturated carbocycles. The summed E-state index contributed by atoms with van der Waals surface area (Å²) in [5, 5.41) is 9.06. The molecule has 3 aromatic rings. The van der Waals surface area contributed by atoms with Gasteiger partial charge in [-0.25, -0.2) is 9.97 Å². The molecule has 0 aliphatic carbocycles. The fraction of sp³-hybridized carbons (Fsp3) is 0.167. The molecule has 1 aromatic carbocycles. The maximum Gasteiger partial charge on any atom is 0.260 e. The highest BCUT2D eigenvalue weighted by atomic mass is 16.5. The molecule has 2 aromatic heterocycles. The Morgan fingerprint density at radius 1 is 0.885 bits per heavy atom. The first kappa shape index (κ1) is 17.3. The first-order chi connectivity index (χ1) is 12.4. The Morgan fingerprint density at radius 3 is 2.19 bits per heavy atom. The molecule has 0 aliphatic rings. The Bertz CT molecular complexity index is 963. The second kappa shape index (κ2) is 7.14. The van der Waals surface area contributed by atoms with Crippen molar-refractivity contribution in [3.05, 3.63) is 65.1 Å². The topological polar surface area (TPSA) is 110 Å². The summed E-state index contributed by atoms with van der Waals surface area (Å²) in [4.78, 5) is 32.9. The summed E-state index contributed by atoms with van der Waals surface area (Å²) >= 11 is 0. The van der Waals surface area contributed by atoms with Crippen molar-refractivity contribution in [2.24, 2.45) is 0 Å². The number of nitrogens with one attached hydrogen (secondary N) is 2. The average molecular weight is 351 g/mol. The number of carbonyl (C=O) groups excluding carboxylic acids is 2. The Balaban J connectivity index is 1.78. The fourth-order valence-electron chi connectivity index (χ4n) is 2.32. The van der Waals surface area contributed by atoms with Gasteiger partial charge < -0.3 is 15.2 Å². The van der Waals surface area contributed by atoms with Gasteiger partial charge in [0.05, 0.1) is 24.3 Å². The monoisotopic (exact) mass is 351 g/mol. The standard InChI is InChI=1S/C18H17N5O3/c1-10-4-5-13(22-18(25)16-9-21-26-11(16)2)6-15(10)17(24)23-14-7-19-12(3)20-8-14/h4-9H,1-3H3,(H,22,25)(H,23,24). The van der Waals surface area contributed by atoms with Crippen molar-refractivity contribution >= 4 is 23.2 Å². The molecule has 2 heterocycles. The molecule has 8 nitrogen and oxygen atoms in total. The number of rotatable bonds is 4. The van der Waals surface area contributed by atoms with E-state index in [2.05, 4.69) is 25.8 Å². The van der Waals surface area contributed by atoms with Crippen LogP contribution in [-0.4, -0.2) is 26.9 Å². The summed E-state index contributed by atoms with van der Waals surface area (Å²) in [6.45, 7) is 5.23. The summed E-state index contributed by atoms with van der Waals surface area (Å²) in [6, 6.07) is 5.10. The van der Waals surface area contributed by atoms with Crippen molar-refractivity contribution in [1.29, 1.82) is 0 Å². The number of nitrogens with zero attached hydrogens (tertiary/aromatic N) is 3. The van der Waals surface area contributed by atoms with Crippen LogP contribution >= 0.6 is 0 Å². The van der Waals surface area contributed by atoms with Crippen molar-refractivity contribution < 1.29 is 14.1 Å². The van der Waals surface area contributed by atoms with Gasteiger partial charge in [0.2, 0.25) is 0 Å². The van der Waals surface area contributed by atoms with Gasteiger partial charge in [0.1, 0.15) is 17.1 Å². The van der Waals surface area contributed by atoms with Crippen LogP contribution in [0.15, 0.2) is 41.3 Å². The molecule has 2 N–H and O–H groups in total. The quantitative estimate of drug-likeness (QED) is 0.748. The lowest BCUT2D eigenvalue weighted by atomic mass is 10.1. The lowest BCUT2D eigenvalue weighted by molar-refractivity contribution is 0.101. The third-order valence-corrected chi connectivity index (χ3v) is 3.77. The van der Waals surface area contributed by atoms with E-state index >= 15 is 0 Å². The zero-order valence-electron chi connectivity index (χ0n) is 14.5. The van der Waals surface area contributed by atoms with Crippen molar-refractivity contribution in [2.75, 3.05) is 10.6 Å². The van der Waals surface area contributed by atoms with Crippen LogP contribution in [0.1, 0.15) is 37.9 Å². The number of hydrogen-bond donors (Lipinski definition) is 2. The average Bonchev–Trinajstić information content (AvgIpc) is 3.04. The van der Waals surface area contributed by atoms with Crippen LogP contribution in [0.4, 0.5) is 11.4 Å². The Hall–Kier alpha value is -3.55. The van der Waals surface area contributed by atoms with E-state index in [-0.39, 0.29) is 11.8 Å². The Morgan fingerprint density at radius 2 is 1.54 bits per heavy atom. The molecule has 0 atom stereocenters. The van der Waals surface area contributed by atoms with Crippen molar-refractivity contribution in [2.45, 2.75) is 20.8 Å². The van der Waals surface area contributed by atoms with E-state index in [1.54, 1.807) is 32.0 Å². The molecule has 3 rings (SSSR count). The van der Waals surface area contributed by atoms with Gasteiger partial charge in [-0.05, 0) is 38.5 Å². The number of amides is 2. The van der Waals surface area contributed by atoms with Crippen molar-refractivity contribution in [3.8, 4) is 0 Å². The summed E-state index contributed by atoms with van der Waals surface area (Å²) in [5.74, 6) is 0.373. The molecule has 2 amide bonds. The summed E-state index contributed by atoms with van der Waals surface area (Å²) in [5.41, 5.74) is 2.54. The van der Waals surface area contributed by atoms with Gasteiger partial charge in [-0.2, -0.15) is 0 Å². The van der Waals surface area contributed by atoms with E-state index in [4.69, 9.17) is 4.52 Å². The van der Waals surface area contributed by atoms with E-state index in [9.17, 15) is 9.59 Å². The fourth-order valence-corrected chi connectivity index (χ4v) is 2.32. The maximum absolute atomic E-state index is 12.5. The number of carbonyl (C=O) groups is 2. The smallest absolute Gasteiger partial charge is 0.260 e. The van der Waals surface area contributed by atoms with Crippen LogP contribution in [0.5, 0.6) is 0 Å². The SMILES string of the molecule is Cc1ncc(NC(=O)c2cc(NC(=O)c3cnoc3C)ccc2C)cn1. The summed E-state index contributed by atoms with van der Waals surface area (Å²) in [6.07, 6.45) is 4.43. The molecule has 0 fully saturated rings. The lowest BCUT2D eigenvalue weighted by Crippen LogP contribution is -2.16. The first-order valence-corrected chi connectivity index (χ1v) is 7.87. The third kappa shape index (κ3) is 3.75. The molecule has 132 valence electrons. The first-order valence-electron chi connectivity index (χ1n) is 7.87. The van der Waals surface area contributed by atoms with Crippen LogP contribution < -0.4 is 10.6 Å². The van der Waals surface area contributed by atoms with Gasteiger partial charge in [0.15, 0.2) is 0 Å².